The summed E-state index contributed by atoms with van der Waals surface area (Å²) in [6.45, 7) is 7.03. The molecular formula is C24H42O4. The third-order valence-electron chi connectivity index (χ3n) is 9.13. The maximum atomic E-state index is 11.2. The van der Waals surface area contributed by atoms with E-state index in [1.54, 1.807) is 0 Å². The second-order valence-corrected chi connectivity index (χ2v) is 10.7. The molecule has 3 fully saturated rings. The molecule has 0 aromatic carbocycles. The molecule has 0 heterocycles. The Morgan fingerprint density at radius 2 is 1.82 bits per heavy atom. The summed E-state index contributed by atoms with van der Waals surface area (Å²) in [5.74, 6) is 2.39. The van der Waals surface area contributed by atoms with E-state index in [1.807, 2.05) is 0 Å². The van der Waals surface area contributed by atoms with Crippen molar-refractivity contribution in [1.82, 2.24) is 0 Å². The van der Waals surface area contributed by atoms with E-state index in [1.165, 1.54) is 25.7 Å². The minimum absolute atomic E-state index is 0.203. The molecule has 162 valence electrons. The number of aliphatic carboxylic acids is 1. The first-order chi connectivity index (χ1) is 13.2. The Morgan fingerprint density at radius 1 is 1.07 bits per heavy atom. The van der Waals surface area contributed by atoms with Crippen LogP contribution in [0.25, 0.3) is 0 Å². The highest BCUT2D eigenvalue weighted by Gasteiger charge is 2.56. The number of carbonyl (C=O) groups is 1. The molecule has 4 heteroatoms. The first-order valence-corrected chi connectivity index (χ1v) is 11.8. The van der Waals surface area contributed by atoms with Crippen molar-refractivity contribution in [1.29, 1.82) is 0 Å². The number of fused-ring (bicyclic) bond motifs is 3. The van der Waals surface area contributed by atoms with Gasteiger partial charge in [-0.05, 0) is 105 Å². The zero-order valence-corrected chi connectivity index (χ0v) is 18.1. The van der Waals surface area contributed by atoms with Crippen molar-refractivity contribution >= 4 is 5.97 Å². The molecule has 0 radical (unpaired) electrons. The van der Waals surface area contributed by atoms with E-state index in [-0.39, 0.29) is 24.0 Å². The zero-order chi connectivity index (χ0) is 20.5. The summed E-state index contributed by atoms with van der Waals surface area (Å²) in [7, 11) is 0. The predicted molar refractivity (Wildman–Crippen MR) is 111 cm³/mol. The largest absolute Gasteiger partial charge is 0.481 e. The molecule has 0 saturated heterocycles. The summed E-state index contributed by atoms with van der Waals surface area (Å²) in [6, 6.07) is 0. The van der Waals surface area contributed by atoms with Crippen LogP contribution in [0, 0.1) is 40.9 Å². The number of aliphatic hydroxyl groups is 2. The number of rotatable bonds is 4. The highest BCUT2D eigenvalue weighted by Crippen LogP contribution is 2.63. The van der Waals surface area contributed by atoms with Crippen molar-refractivity contribution in [3.8, 4) is 0 Å². The van der Waals surface area contributed by atoms with Crippen LogP contribution >= 0.6 is 0 Å². The molecule has 3 N–H and O–H groups in total. The highest BCUT2D eigenvalue weighted by atomic mass is 16.4. The van der Waals surface area contributed by atoms with Crippen LogP contribution in [0.4, 0.5) is 0 Å². The van der Waals surface area contributed by atoms with Gasteiger partial charge in [0.15, 0.2) is 0 Å². The van der Waals surface area contributed by atoms with E-state index in [0.29, 0.717) is 35.5 Å². The first-order valence-electron chi connectivity index (χ1n) is 11.8. The van der Waals surface area contributed by atoms with Gasteiger partial charge in [-0.2, -0.15) is 0 Å². The molecule has 0 aliphatic heterocycles. The van der Waals surface area contributed by atoms with Gasteiger partial charge in [-0.1, -0.05) is 20.8 Å². The minimum Gasteiger partial charge on any atom is -0.481 e. The second-order valence-electron chi connectivity index (χ2n) is 10.7. The molecule has 0 bridgehead atoms. The van der Waals surface area contributed by atoms with Crippen LogP contribution in [0.2, 0.25) is 0 Å². The molecule has 4 nitrogen and oxygen atoms in total. The van der Waals surface area contributed by atoms with Gasteiger partial charge >= 0.3 is 5.97 Å². The van der Waals surface area contributed by atoms with Crippen molar-refractivity contribution in [3.63, 3.8) is 0 Å². The van der Waals surface area contributed by atoms with Gasteiger partial charge in [0.05, 0.1) is 12.2 Å². The van der Waals surface area contributed by atoms with Crippen LogP contribution in [-0.4, -0.2) is 33.5 Å². The standard InChI is InChI=1S/C24H42O4/c1-15-7-9-17(25)5-4-6-21(26)23-18(15)13-14-24(3)19(10-11-20(23)24)16(2)8-12-22(27)28/h15-21,23,25-26H,4-14H2,1-3H3,(H,27,28)/t15-,16+,17-,18?,19?,20?,21+,23?,24+/m0/s1. The Labute approximate surface area is 171 Å². The van der Waals surface area contributed by atoms with E-state index in [2.05, 4.69) is 20.8 Å². The Balaban J connectivity index is 1.79. The SMILES string of the molecule is C[C@H](CCC(=O)O)C1CCC2C3C(CC[C@@]21C)[C@@H](C)CC[C@@H](O)CCC[C@H]3O. The van der Waals surface area contributed by atoms with Gasteiger partial charge < -0.3 is 15.3 Å². The van der Waals surface area contributed by atoms with Gasteiger partial charge in [-0.25, -0.2) is 0 Å². The van der Waals surface area contributed by atoms with Crippen LogP contribution in [0.15, 0.2) is 0 Å². The molecule has 9 atom stereocenters. The van der Waals surface area contributed by atoms with Gasteiger partial charge in [0.1, 0.15) is 0 Å². The summed E-state index contributed by atoms with van der Waals surface area (Å²) >= 11 is 0. The van der Waals surface area contributed by atoms with Crippen LogP contribution < -0.4 is 0 Å². The van der Waals surface area contributed by atoms with Crippen LogP contribution in [-0.2, 0) is 4.79 Å². The van der Waals surface area contributed by atoms with E-state index in [9.17, 15) is 15.0 Å². The van der Waals surface area contributed by atoms with Gasteiger partial charge in [0.2, 0.25) is 0 Å². The molecule has 0 spiro atoms. The molecule has 28 heavy (non-hydrogen) atoms. The van der Waals surface area contributed by atoms with Gasteiger partial charge in [-0.3, -0.25) is 4.79 Å². The molecule has 3 rings (SSSR count). The third-order valence-corrected chi connectivity index (χ3v) is 9.13. The van der Waals surface area contributed by atoms with E-state index < -0.39 is 5.97 Å². The maximum absolute atomic E-state index is 11.2. The lowest BCUT2D eigenvalue weighted by atomic mass is 9.53. The highest BCUT2D eigenvalue weighted by molar-refractivity contribution is 5.66. The molecule has 3 saturated carbocycles. The maximum Gasteiger partial charge on any atom is 0.303 e. The monoisotopic (exact) mass is 394 g/mol. The van der Waals surface area contributed by atoms with Crippen LogP contribution in [0.5, 0.6) is 0 Å². The molecule has 3 aliphatic rings. The third kappa shape index (κ3) is 4.43. The number of carboxylic acid groups (broad SMARTS) is 1. The lowest BCUT2D eigenvalue weighted by Crippen LogP contribution is -2.49. The van der Waals surface area contributed by atoms with Gasteiger partial charge in [0.25, 0.3) is 0 Å². The van der Waals surface area contributed by atoms with Gasteiger partial charge in [-0.15, -0.1) is 0 Å². The normalized spacial score (nSPS) is 45.7. The van der Waals surface area contributed by atoms with Gasteiger partial charge in [0, 0.05) is 6.42 Å². The summed E-state index contributed by atoms with van der Waals surface area (Å²) < 4.78 is 0. The van der Waals surface area contributed by atoms with Crippen molar-refractivity contribution in [2.45, 2.75) is 104 Å². The molecule has 3 aliphatic carbocycles. The zero-order valence-electron chi connectivity index (χ0n) is 18.1. The summed E-state index contributed by atoms with van der Waals surface area (Å²) in [6.07, 6.45) is 9.86. The molecule has 0 amide bonds. The summed E-state index contributed by atoms with van der Waals surface area (Å²) in [5, 5.41) is 30.5. The average molecular weight is 395 g/mol. The lowest BCUT2D eigenvalue weighted by molar-refractivity contribution is -0.137. The van der Waals surface area contributed by atoms with E-state index >= 15 is 0 Å². The molecule has 4 unspecified atom stereocenters. The smallest absolute Gasteiger partial charge is 0.303 e. The fourth-order valence-electron chi connectivity index (χ4n) is 7.54. The second kappa shape index (κ2) is 9.04. The van der Waals surface area contributed by atoms with E-state index in [0.717, 1.165) is 38.5 Å². The predicted octanol–water partition coefficient (Wildman–Crippen LogP) is 4.87. The number of carboxylic acids is 1. The first kappa shape index (κ1) is 22.1. The number of hydrogen-bond acceptors (Lipinski definition) is 3. The lowest BCUT2D eigenvalue weighted by Gasteiger charge is -2.53. The topological polar surface area (TPSA) is 77.8 Å². The average Bonchev–Trinajstić information content (AvgIpc) is 2.99. The summed E-state index contributed by atoms with van der Waals surface area (Å²) in [5.41, 5.74) is 0.240. The van der Waals surface area contributed by atoms with Crippen molar-refractivity contribution in [2.24, 2.45) is 40.9 Å². The Kier molecular flexibility index (Phi) is 7.13. The summed E-state index contributed by atoms with van der Waals surface area (Å²) in [4.78, 5) is 11.1. The number of aliphatic hydroxyl groups excluding tert-OH is 2. The molecule has 0 aromatic rings. The Hall–Kier alpha value is -0.610. The van der Waals surface area contributed by atoms with Crippen molar-refractivity contribution < 1.29 is 20.1 Å². The fourth-order valence-corrected chi connectivity index (χ4v) is 7.54. The van der Waals surface area contributed by atoms with Crippen LogP contribution in [0.3, 0.4) is 0 Å². The fraction of sp³-hybridized carbons (Fsp3) is 0.958. The minimum atomic E-state index is -0.686. The Morgan fingerprint density at radius 3 is 2.54 bits per heavy atom. The number of hydrogen-bond donors (Lipinski definition) is 3. The Bertz CT molecular complexity index is 535. The van der Waals surface area contributed by atoms with Crippen molar-refractivity contribution in [3.05, 3.63) is 0 Å². The molecular weight excluding hydrogens is 352 g/mol. The van der Waals surface area contributed by atoms with E-state index in [4.69, 9.17) is 5.11 Å². The quantitative estimate of drug-likeness (QED) is 0.636. The molecule has 0 aromatic heterocycles. The van der Waals surface area contributed by atoms with Crippen molar-refractivity contribution in [2.75, 3.05) is 0 Å². The van der Waals surface area contributed by atoms with Crippen LogP contribution in [0.1, 0.15) is 91.4 Å².